The highest BCUT2D eigenvalue weighted by molar-refractivity contribution is 7.98. The lowest BCUT2D eigenvalue weighted by Crippen LogP contribution is -2.49. The van der Waals surface area contributed by atoms with Crippen molar-refractivity contribution in [3.05, 3.63) is 60.0 Å². The Balaban J connectivity index is 1.38. The van der Waals surface area contributed by atoms with Crippen LogP contribution in [-0.4, -0.2) is 83.1 Å². The summed E-state index contributed by atoms with van der Waals surface area (Å²) in [6.07, 6.45) is 7.91. The van der Waals surface area contributed by atoms with E-state index in [1.807, 2.05) is 12.1 Å². The van der Waals surface area contributed by atoms with Gasteiger partial charge in [0, 0.05) is 55.9 Å². The van der Waals surface area contributed by atoms with E-state index in [9.17, 15) is 9.90 Å². The molecule has 3 aromatic rings. The normalized spacial score (nSPS) is 19.0. The van der Waals surface area contributed by atoms with E-state index in [-0.39, 0.29) is 12.5 Å². The number of aromatic nitrogens is 2. The summed E-state index contributed by atoms with van der Waals surface area (Å²) in [5, 5.41) is 13.6. The quantitative estimate of drug-likeness (QED) is 0.425. The maximum atomic E-state index is 13.6. The molecule has 1 aromatic carbocycles. The predicted molar refractivity (Wildman–Crippen MR) is 150 cm³/mol. The average molecular weight is 536 g/mol. The standard InChI is InChI=1S/C29H37N5O3S/c1-32(19-23-13-17-37-31-23)29(36)26-9-10-27(22-5-7-25(38-2)8-6-22)30-28(26)33-15-11-24(12-16-33)34-14-3-4-21(18-34)20-35/h5-10,13,17,21,24,35H,3-4,11-12,14-16,18-20H2,1-2H3/t21-/m1/s1. The summed E-state index contributed by atoms with van der Waals surface area (Å²) >= 11 is 1.71. The van der Waals surface area contributed by atoms with Gasteiger partial charge in [0.15, 0.2) is 0 Å². The van der Waals surface area contributed by atoms with Gasteiger partial charge in [0.25, 0.3) is 5.91 Å². The molecular weight excluding hydrogens is 498 g/mol. The zero-order valence-corrected chi connectivity index (χ0v) is 23.1. The molecule has 1 amide bonds. The number of aliphatic hydroxyl groups excluding tert-OH is 1. The molecule has 2 aromatic heterocycles. The van der Waals surface area contributed by atoms with Crippen molar-refractivity contribution in [1.82, 2.24) is 19.9 Å². The van der Waals surface area contributed by atoms with Crippen LogP contribution in [0.2, 0.25) is 0 Å². The molecule has 1 N–H and O–H groups in total. The van der Waals surface area contributed by atoms with Crippen molar-refractivity contribution < 1.29 is 14.4 Å². The van der Waals surface area contributed by atoms with Gasteiger partial charge in [0.05, 0.1) is 17.8 Å². The Morgan fingerprint density at radius 1 is 1.11 bits per heavy atom. The van der Waals surface area contributed by atoms with Crippen LogP contribution < -0.4 is 4.90 Å². The van der Waals surface area contributed by atoms with Crippen LogP contribution in [0.1, 0.15) is 41.7 Å². The van der Waals surface area contributed by atoms with Gasteiger partial charge in [0.1, 0.15) is 17.8 Å². The third-order valence-corrected chi connectivity index (χ3v) is 8.56. The fraction of sp³-hybridized carbons (Fsp3) is 0.483. The van der Waals surface area contributed by atoms with Gasteiger partial charge in [-0.25, -0.2) is 4.98 Å². The second kappa shape index (κ2) is 12.3. The van der Waals surface area contributed by atoms with Crippen LogP contribution in [0.15, 0.2) is 58.1 Å². The zero-order valence-electron chi connectivity index (χ0n) is 22.3. The fourth-order valence-corrected chi connectivity index (χ4v) is 6.05. The number of pyridine rings is 1. The smallest absolute Gasteiger partial charge is 0.257 e. The third kappa shape index (κ3) is 6.06. The topological polar surface area (TPSA) is 85.9 Å². The Morgan fingerprint density at radius 3 is 2.58 bits per heavy atom. The summed E-state index contributed by atoms with van der Waals surface area (Å²) in [4.78, 5) is 26.4. The van der Waals surface area contributed by atoms with Gasteiger partial charge in [-0.3, -0.25) is 9.69 Å². The SMILES string of the molecule is CSc1ccc(-c2ccc(C(=O)N(C)Cc3ccon3)c(N3CCC(N4CCC[C@@H](CO)C4)CC3)n2)cc1. The van der Waals surface area contributed by atoms with E-state index in [1.54, 1.807) is 29.8 Å². The van der Waals surface area contributed by atoms with E-state index < -0.39 is 0 Å². The molecule has 0 radical (unpaired) electrons. The van der Waals surface area contributed by atoms with Crippen LogP contribution in [-0.2, 0) is 6.54 Å². The van der Waals surface area contributed by atoms with Crippen LogP contribution in [0.25, 0.3) is 11.3 Å². The number of hydrogen-bond donors (Lipinski definition) is 1. The Bertz CT molecular complexity index is 1200. The van der Waals surface area contributed by atoms with Crippen LogP contribution in [0.3, 0.4) is 0 Å². The first-order chi connectivity index (χ1) is 18.6. The molecule has 0 bridgehead atoms. The Morgan fingerprint density at radius 2 is 1.89 bits per heavy atom. The molecule has 0 unspecified atom stereocenters. The molecule has 9 heteroatoms. The summed E-state index contributed by atoms with van der Waals surface area (Å²) in [6, 6.07) is 14.6. The van der Waals surface area contributed by atoms with Crippen molar-refractivity contribution in [1.29, 1.82) is 0 Å². The minimum atomic E-state index is -0.0799. The van der Waals surface area contributed by atoms with Gasteiger partial charge in [-0.15, -0.1) is 11.8 Å². The van der Waals surface area contributed by atoms with Crippen LogP contribution >= 0.6 is 11.8 Å². The monoisotopic (exact) mass is 535 g/mol. The summed E-state index contributed by atoms with van der Waals surface area (Å²) in [5.74, 6) is 1.06. The van der Waals surface area contributed by atoms with E-state index in [0.717, 1.165) is 68.9 Å². The highest BCUT2D eigenvalue weighted by Gasteiger charge is 2.31. The number of benzene rings is 1. The Kier molecular flexibility index (Phi) is 8.66. The molecule has 4 heterocycles. The highest BCUT2D eigenvalue weighted by Crippen LogP contribution is 2.31. The lowest BCUT2D eigenvalue weighted by atomic mass is 9.94. The van der Waals surface area contributed by atoms with Crippen LogP contribution in [0.4, 0.5) is 5.82 Å². The number of aliphatic hydroxyl groups is 1. The predicted octanol–water partition coefficient (Wildman–Crippen LogP) is 4.40. The van der Waals surface area contributed by atoms with E-state index in [2.05, 4.69) is 45.5 Å². The average Bonchev–Trinajstić information content (AvgIpc) is 3.49. The Labute approximate surface area is 229 Å². The maximum Gasteiger partial charge on any atom is 0.257 e. The second-order valence-corrected chi connectivity index (χ2v) is 11.2. The number of piperidine rings is 2. The van der Waals surface area contributed by atoms with E-state index in [0.29, 0.717) is 29.8 Å². The molecule has 2 aliphatic heterocycles. The fourth-order valence-electron chi connectivity index (χ4n) is 5.64. The molecule has 1 atom stereocenters. The number of carbonyl (C=O) groups excluding carboxylic acids is 1. The summed E-state index contributed by atoms with van der Waals surface area (Å²) < 4.78 is 4.95. The molecule has 8 nitrogen and oxygen atoms in total. The van der Waals surface area contributed by atoms with Crippen LogP contribution in [0.5, 0.6) is 0 Å². The molecule has 2 aliphatic rings. The van der Waals surface area contributed by atoms with Gasteiger partial charge in [0.2, 0.25) is 0 Å². The van der Waals surface area contributed by atoms with Crippen molar-refractivity contribution in [2.24, 2.45) is 5.92 Å². The van der Waals surface area contributed by atoms with Crippen molar-refractivity contribution in [3.63, 3.8) is 0 Å². The van der Waals surface area contributed by atoms with Crippen molar-refractivity contribution >= 4 is 23.5 Å². The highest BCUT2D eigenvalue weighted by atomic mass is 32.2. The number of carbonyl (C=O) groups is 1. The van der Waals surface area contributed by atoms with Gasteiger partial charge < -0.3 is 19.4 Å². The number of nitrogens with zero attached hydrogens (tertiary/aromatic N) is 5. The van der Waals surface area contributed by atoms with Crippen molar-refractivity contribution in [2.45, 2.75) is 43.2 Å². The minimum absolute atomic E-state index is 0.0799. The molecular formula is C29H37N5O3S. The Hall–Kier alpha value is -2.88. The number of likely N-dealkylation sites (tertiary alicyclic amines) is 1. The molecule has 2 saturated heterocycles. The molecule has 2 fully saturated rings. The van der Waals surface area contributed by atoms with E-state index >= 15 is 0 Å². The summed E-state index contributed by atoms with van der Waals surface area (Å²) in [6.45, 7) is 4.43. The van der Waals surface area contributed by atoms with Gasteiger partial charge in [-0.2, -0.15) is 0 Å². The van der Waals surface area contributed by atoms with E-state index in [1.165, 1.54) is 11.2 Å². The number of anilines is 1. The maximum absolute atomic E-state index is 13.6. The lowest BCUT2D eigenvalue weighted by molar-refractivity contribution is 0.0770. The van der Waals surface area contributed by atoms with E-state index in [4.69, 9.17) is 9.51 Å². The molecule has 0 aliphatic carbocycles. The van der Waals surface area contributed by atoms with Gasteiger partial charge in [-0.1, -0.05) is 17.3 Å². The second-order valence-electron chi connectivity index (χ2n) is 10.4. The first-order valence-electron chi connectivity index (χ1n) is 13.5. The van der Waals surface area contributed by atoms with Crippen molar-refractivity contribution in [3.8, 4) is 11.3 Å². The molecule has 202 valence electrons. The minimum Gasteiger partial charge on any atom is -0.396 e. The number of amides is 1. The summed E-state index contributed by atoms with van der Waals surface area (Å²) in [5.41, 5.74) is 3.23. The van der Waals surface area contributed by atoms with Gasteiger partial charge in [-0.05, 0) is 68.7 Å². The summed E-state index contributed by atoms with van der Waals surface area (Å²) in [7, 11) is 1.79. The molecule has 5 rings (SSSR count). The molecule has 38 heavy (non-hydrogen) atoms. The first kappa shape index (κ1) is 26.7. The third-order valence-electron chi connectivity index (χ3n) is 7.82. The number of rotatable bonds is 8. The number of hydrogen-bond acceptors (Lipinski definition) is 8. The number of thioether (sulfide) groups is 1. The molecule has 0 saturated carbocycles. The first-order valence-corrected chi connectivity index (χ1v) is 14.7. The zero-order chi connectivity index (χ0) is 26.5. The lowest BCUT2D eigenvalue weighted by Gasteiger charge is -2.42. The largest absolute Gasteiger partial charge is 0.396 e. The molecule has 0 spiro atoms. The van der Waals surface area contributed by atoms with Crippen molar-refractivity contribution in [2.75, 3.05) is 51.0 Å². The van der Waals surface area contributed by atoms with Crippen LogP contribution in [0, 0.1) is 5.92 Å². The van der Waals surface area contributed by atoms with Gasteiger partial charge >= 0.3 is 0 Å².